The van der Waals surface area contributed by atoms with E-state index in [0.717, 1.165) is 12.5 Å². The maximum Gasteiger partial charge on any atom is 0.490 e. The molecule has 1 N–H and O–H groups in total. The lowest BCUT2D eigenvalue weighted by Crippen LogP contribution is -2.63. The van der Waals surface area contributed by atoms with E-state index in [1.165, 1.54) is 0 Å². The quantitative estimate of drug-likeness (QED) is 0.570. The highest BCUT2D eigenvalue weighted by Crippen LogP contribution is 2.69. The third-order valence-electron chi connectivity index (χ3n) is 9.70. The van der Waals surface area contributed by atoms with Gasteiger partial charge in [0.25, 0.3) is 0 Å². The molecular weight excluding hydrogens is 481 g/mol. The summed E-state index contributed by atoms with van der Waals surface area (Å²) in [5.74, 6) is -4.72. The summed E-state index contributed by atoms with van der Waals surface area (Å²) < 4.78 is 49.9. The summed E-state index contributed by atoms with van der Waals surface area (Å²) >= 11 is 0. The Morgan fingerprint density at radius 1 is 1.19 bits per heavy atom. The summed E-state index contributed by atoms with van der Waals surface area (Å²) in [6.45, 7) is 6.08. The summed E-state index contributed by atoms with van der Waals surface area (Å²) in [5, 5.41) is 11.7. The minimum atomic E-state index is -5.20. The Labute approximate surface area is 207 Å². The number of ether oxygens (including phenoxy) is 2. The Kier molecular flexibility index (Phi) is 6.46. The van der Waals surface area contributed by atoms with Crippen LogP contribution in [0.2, 0.25) is 0 Å². The molecule has 3 fully saturated rings. The standard InChI is InChI=1S/C26H33F3O7/c1-13-9-16-17-6-8-25(34,20(32)12-35-14(2)30)24(17,4)11-19(36-22(33)26(27,28)29)21(16)23(3)7-5-15(31)10-18(13)23/h10,13,16-17,19,21,34H,5-9,11-12H2,1-4H3/t13-,16+,17+,19+,21-,23+,24+,25+/m1/s1. The molecule has 0 aromatic carbocycles. The molecule has 3 saturated carbocycles. The van der Waals surface area contributed by atoms with Crippen LogP contribution in [-0.2, 0) is 28.7 Å². The van der Waals surface area contributed by atoms with E-state index in [1.807, 2.05) is 13.8 Å². The fourth-order valence-corrected chi connectivity index (χ4v) is 8.15. The Hall–Kier alpha value is -2.23. The van der Waals surface area contributed by atoms with Crippen molar-refractivity contribution in [3.63, 3.8) is 0 Å². The molecule has 0 amide bonds. The number of fused-ring (bicyclic) bond motifs is 5. The second-order valence-electron chi connectivity index (χ2n) is 11.6. The van der Waals surface area contributed by atoms with Crippen LogP contribution in [-0.4, -0.2) is 53.1 Å². The smallest absolute Gasteiger partial charge is 0.458 e. The van der Waals surface area contributed by atoms with Crippen LogP contribution in [0.15, 0.2) is 11.6 Å². The zero-order valence-corrected chi connectivity index (χ0v) is 20.9. The summed E-state index contributed by atoms with van der Waals surface area (Å²) in [5.41, 5.74) is -2.92. The third kappa shape index (κ3) is 4.00. The fourth-order valence-electron chi connectivity index (χ4n) is 8.15. The van der Waals surface area contributed by atoms with E-state index in [-0.39, 0.29) is 42.8 Å². The summed E-state index contributed by atoms with van der Waals surface area (Å²) in [7, 11) is 0. The molecular formula is C26H33F3O7. The van der Waals surface area contributed by atoms with E-state index in [9.17, 15) is 37.5 Å². The van der Waals surface area contributed by atoms with Crippen molar-refractivity contribution < 1.29 is 46.9 Å². The zero-order valence-electron chi connectivity index (χ0n) is 20.9. The van der Waals surface area contributed by atoms with Crippen molar-refractivity contribution in [2.45, 2.75) is 84.1 Å². The van der Waals surface area contributed by atoms with E-state index < -0.39 is 59.0 Å². The summed E-state index contributed by atoms with van der Waals surface area (Å²) in [6, 6.07) is 0. The molecule has 0 bridgehead atoms. The molecule has 0 unspecified atom stereocenters. The lowest BCUT2D eigenvalue weighted by atomic mass is 9.44. The lowest BCUT2D eigenvalue weighted by molar-refractivity contribution is -0.228. The van der Waals surface area contributed by atoms with Gasteiger partial charge in [-0.25, -0.2) is 4.79 Å². The Morgan fingerprint density at radius 3 is 2.47 bits per heavy atom. The highest BCUT2D eigenvalue weighted by molar-refractivity contribution is 5.92. The molecule has 0 aliphatic heterocycles. The second-order valence-corrected chi connectivity index (χ2v) is 11.6. The van der Waals surface area contributed by atoms with Crippen molar-refractivity contribution in [2.75, 3.05) is 6.61 Å². The Bertz CT molecular complexity index is 1020. The lowest BCUT2D eigenvalue weighted by Gasteiger charge is -2.62. The zero-order chi connectivity index (χ0) is 26.8. The van der Waals surface area contributed by atoms with Gasteiger partial charge in [0.15, 0.2) is 12.4 Å². The van der Waals surface area contributed by atoms with Gasteiger partial charge in [-0.05, 0) is 61.3 Å². The van der Waals surface area contributed by atoms with Crippen molar-refractivity contribution in [3.8, 4) is 0 Å². The van der Waals surface area contributed by atoms with Gasteiger partial charge in [0.1, 0.15) is 11.7 Å². The Balaban J connectivity index is 1.78. The first-order valence-electron chi connectivity index (χ1n) is 12.5. The molecule has 4 aliphatic carbocycles. The van der Waals surface area contributed by atoms with E-state index in [4.69, 9.17) is 9.47 Å². The van der Waals surface area contributed by atoms with Crippen LogP contribution in [0, 0.1) is 34.5 Å². The van der Waals surface area contributed by atoms with E-state index in [2.05, 4.69) is 0 Å². The van der Waals surface area contributed by atoms with Crippen LogP contribution < -0.4 is 0 Å². The average molecular weight is 515 g/mol. The predicted molar refractivity (Wildman–Crippen MR) is 119 cm³/mol. The normalized spacial score (nSPS) is 41.9. The number of hydrogen-bond acceptors (Lipinski definition) is 7. The molecule has 0 spiro atoms. The van der Waals surface area contributed by atoms with Crippen LogP contribution in [0.1, 0.15) is 66.2 Å². The van der Waals surface area contributed by atoms with Gasteiger partial charge in [-0.2, -0.15) is 13.2 Å². The van der Waals surface area contributed by atoms with Crippen molar-refractivity contribution in [3.05, 3.63) is 11.6 Å². The number of allylic oxidation sites excluding steroid dienone is 1. The molecule has 0 heterocycles. The van der Waals surface area contributed by atoms with Gasteiger partial charge in [0.05, 0.1) is 0 Å². The van der Waals surface area contributed by atoms with Gasteiger partial charge in [-0.3, -0.25) is 14.4 Å². The number of aliphatic hydroxyl groups is 1. The molecule has 8 atom stereocenters. The number of alkyl halides is 3. The van der Waals surface area contributed by atoms with Crippen molar-refractivity contribution in [2.24, 2.45) is 34.5 Å². The molecule has 0 aromatic rings. The molecule has 0 saturated heterocycles. The van der Waals surface area contributed by atoms with Gasteiger partial charge in [-0.15, -0.1) is 0 Å². The first-order valence-corrected chi connectivity index (χ1v) is 12.5. The molecule has 7 nitrogen and oxygen atoms in total. The number of ketones is 2. The number of rotatable bonds is 4. The van der Waals surface area contributed by atoms with Crippen molar-refractivity contribution in [1.29, 1.82) is 0 Å². The van der Waals surface area contributed by atoms with Gasteiger partial charge < -0.3 is 14.6 Å². The van der Waals surface area contributed by atoms with Crippen LogP contribution in [0.5, 0.6) is 0 Å². The predicted octanol–water partition coefficient (Wildman–Crippen LogP) is 3.71. The number of carbonyl (C=O) groups excluding carboxylic acids is 4. The SMILES string of the molecule is CC(=O)OCC(=O)[C@@]1(O)CC[C@H]2[C@@H]3C[C@@H](C)C4=CC(=O)CC[C@]4(C)[C@H]3[C@@H](OC(=O)C(F)(F)F)C[C@@]21C. The maximum atomic E-state index is 13.3. The first-order chi connectivity index (χ1) is 16.5. The monoisotopic (exact) mass is 514 g/mol. The van der Waals surface area contributed by atoms with Crippen molar-refractivity contribution in [1.82, 2.24) is 0 Å². The van der Waals surface area contributed by atoms with Gasteiger partial charge in [-0.1, -0.05) is 26.3 Å². The molecule has 200 valence electrons. The number of halogens is 3. The van der Waals surface area contributed by atoms with Gasteiger partial charge in [0.2, 0.25) is 5.78 Å². The summed E-state index contributed by atoms with van der Waals surface area (Å²) in [6.07, 6.45) is -3.20. The molecule has 10 heteroatoms. The molecule has 4 rings (SSSR count). The van der Waals surface area contributed by atoms with Crippen LogP contribution >= 0.6 is 0 Å². The molecule has 0 aromatic heterocycles. The number of hydrogen-bond donors (Lipinski definition) is 1. The third-order valence-corrected chi connectivity index (χ3v) is 9.70. The molecule has 36 heavy (non-hydrogen) atoms. The van der Waals surface area contributed by atoms with E-state index in [1.54, 1.807) is 13.0 Å². The minimum Gasteiger partial charge on any atom is -0.458 e. The Morgan fingerprint density at radius 2 is 1.86 bits per heavy atom. The largest absolute Gasteiger partial charge is 0.490 e. The average Bonchev–Trinajstić information content (AvgIpc) is 3.04. The van der Waals surface area contributed by atoms with Gasteiger partial charge >= 0.3 is 18.1 Å². The summed E-state index contributed by atoms with van der Waals surface area (Å²) in [4.78, 5) is 48.7. The van der Waals surface area contributed by atoms with E-state index in [0.29, 0.717) is 19.3 Å². The number of esters is 2. The van der Waals surface area contributed by atoms with Crippen LogP contribution in [0.3, 0.4) is 0 Å². The second kappa shape index (κ2) is 8.67. The fraction of sp³-hybridized carbons (Fsp3) is 0.769. The minimum absolute atomic E-state index is 0.0245. The number of Topliss-reactive ketones (excluding diaryl/α,β-unsaturated/α-hetero) is 1. The first kappa shape index (κ1) is 26.8. The van der Waals surface area contributed by atoms with Gasteiger partial charge in [0, 0.05) is 24.7 Å². The number of carbonyl (C=O) groups is 4. The van der Waals surface area contributed by atoms with Crippen LogP contribution in [0.4, 0.5) is 13.2 Å². The molecule has 0 radical (unpaired) electrons. The van der Waals surface area contributed by atoms with Crippen LogP contribution in [0.25, 0.3) is 0 Å². The molecule has 4 aliphatic rings. The van der Waals surface area contributed by atoms with E-state index >= 15 is 0 Å². The topological polar surface area (TPSA) is 107 Å². The highest BCUT2D eigenvalue weighted by atomic mass is 19.4. The van der Waals surface area contributed by atoms with Crippen molar-refractivity contribution >= 4 is 23.5 Å². The maximum absolute atomic E-state index is 13.3. The highest BCUT2D eigenvalue weighted by Gasteiger charge is 2.70.